The van der Waals surface area contributed by atoms with E-state index in [0.29, 0.717) is 29.5 Å². The van der Waals surface area contributed by atoms with Gasteiger partial charge < -0.3 is 10.6 Å². The zero-order chi connectivity index (χ0) is 33.1. The van der Waals surface area contributed by atoms with E-state index < -0.39 is 43.0 Å². The van der Waals surface area contributed by atoms with E-state index in [1.54, 1.807) is 18.5 Å². The van der Waals surface area contributed by atoms with Crippen LogP contribution in [0.15, 0.2) is 33.9 Å². The number of aromatic nitrogens is 6. The van der Waals surface area contributed by atoms with Gasteiger partial charge in [-0.3, -0.25) is 27.6 Å². The molecule has 0 unspecified atom stereocenters. The summed E-state index contributed by atoms with van der Waals surface area (Å²) in [6.07, 6.45) is 1.88. The Bertz CT molecular complexity index is 2110. The van der Waals surface area contributed by atoms with Gasteiger partial charge in [-0.2, -0.15) is 21.8 Å². The summed E-state index contributed by atoms with van der Waals surface area (Å²) in [5, 5.41) is 0.938. The molecule has 18 heteroatoms. The molecule has 0 saturated carbocycles. The minimum Gasteiger partial charge on any atom is -0.341 e. The van der Waals surface area contributed by atoms with Crippen molar-refractivity contribution in [2.24, 2.45) is 12.8 Å². The number of hydrogen-bond acceptors (Lipinski definition) is 11. The largest absolute Gasteiger partial charge is 0.341 e. The number of fused-ring (bicyclic) bond motifs is 2. The van der Waals surface area contributed by atoms with Gasteiger partial charge in [-0.25, -0.2) is 14.8 Å². The molecule has 242 valence electrons. The predicted octanol–water partition coefficient (Wildman–Crippen LogP) is -0.0906. The van der Waals surface area contributed by atoms with Gasteiger partial charge in [0.2, 0.25) is 5.95 Å². The van der Waals surface area contributed by atoms with Crippen molar-refractivity contribution in [3.8, 4) is 11.8 Å². The van der Waals surface area contributed by atoms with E-state index in [1.165, 1.54) is 9.13 Å². The number of nitrogens with two attached hydrogens (primary N) is 1. The van der Waals surface area contributed by atoms with E-state index >= 15 is 0 Å². The van der Waals surface area contributed by atoms with Gasteiger partial charge in [-0.1, -0.05) is 24.1 Å². The number of nitrogens with zero attached hydrogens (tertiary/aromatic N) is 7. The highest BCUT2D eigenvalue weighted by Gasteiger charge is 2.26. The van der Waals surface area contributed by atoms with Crippen molar-refractivity contribution in [3.63, 3.8) is 0 Å². The highest BCUT2D eigenvalue weighted by atomic mass is 32.2. The minimum absolute atomic E-state index is 0.0306. The number of imidazole rings is 1. The molecule has 0 radical (unpaired) electrons. The molecular formula is C27H34N8O8S2. The van der Waals surface area contributed by atoms with Crippen molar-refractivity contribution >= 4 is 48.3 Å². The van der Waals surface area contributed by atoms with Crippen molar-refractivity contribution in [1.29, 1.82) is 0 Å². The van der Waals surface area contributed by atoms with Crippen LogP contribution in [0.3, 0.4) is 0 Å². The molecule has 1 aliphatic heterocycles. The Morgan fingerprint density at radius 2 is 1.69 bits per heavy atom. The van der Waals surface area contributed by atoms with E-state index in [9.17, 15) is 26.4 Å². The highest BCUT2D eigenvalue weighted by Crippen LogP contribution is 2.23. The Balaban J connectivity index is 0.000000399. The van der Waals surface area contributed by atoms with Crippen LogP contribution in [0.25, 0.3) is 22.1 Å². The second kappa shape index (κ2) is 13.5. The summed E-state index contributed by atoms with van der Waals surface area (Å²) in [5.41, 5.74) is 7.54. The number of aryl methyl sites for hydroxylation is 2. The molecule has 0 spiro atoms. The summed E-state index contributed by atoms with van der Waals surface area (Å²) >= 11 is 0. The van der Waals surface area contributed by atoms with E-state index in [0.717, 1.165) is 36.0 Å². The number of hydrogen-bond donors (Lipinski definition) is 3. The van der Waals surface area contributed by atoms with Crippen LogP contribution in [0, 0.1) is 18.8 Å². The van der Waals surface area contributed by atoms with E-state index in [2.05, 4.69) is 26.7 Å². The Hall–Kier alpha value is -4.15. The summed E-state index contributed by atoms with van der Waals surface area (Å²) in [6.45, 7) is 5.31. The lowest BCUT2D eigenvalue weighted by Crippen LogP contribution is -2.44. The average Bonchev–Trinajstić information content (AvgIpc) is 3.36. The number of piperidine rings is 1. The Kier molecular flexibility index (Phi) is 10.1. The second-order valence-electron chi connectivity index (χ2n) is 10.5. The molecule has 0 aliphatic carbocycles. The van der Waals surface area contributed by atoms with Gasteiger partial charge in [0.25, 0.3) is 25.8 Å². The molecule has 1 aromatic carbocycles. The Labute approximate surface area is 259 Å². The van der Waals surface area contributed by atoms with Gasteiger partial charge >= 0.3 is 5.69 Å². The zero-order valence-corrected chi connectivity index (χ0v) is 26.5. The van der Waals surface area contributed by atoms with Crippen LogP contribution in [0.2, 0.25) is 0 Å². The monoisotopic (exact) mass is 662 g/mol. The van der Waals surface area contributed by atoms with Crippen LogP contribution < -0.4 is 21.9 Å². The molecule has 1 atom stereocenters. The molecule has 3 aromatic heterocycles. The van der Waals surface area contributed by atoms with Gasteiger partial charge in [0.15, 0.2) is 11.2 Å². The van der Waals surface area contributed by atoms with Gasteiger partial charge in [0, 0.05) is 37.3 Å². The first-order valence-electron chi connectivity index (χ1n) is 13.8. The van der Waals surface area contributed by atoms with Gasteiger partial charge in [0.1, 0.15) is 5.82 Å². The highest BCUT2D eigenvalue weighted by molar-refractivity contribution is 7.89. The SMILES string of the molecule is CC#CCn1c(N2CCC[C@@H](N)C2)nc2c1c(=O)n(Cc1nc(C)c3ccccc3n1)c(=O)n2C.O=S(=O)(O)CCS(=O)(=O)O. The first kappa shape index (κ1) is 33.7. The topological polar surface area (TPSA) is 226 Å². The summed E-state index contributed by atoms with van der Waals surface area (Å²) in [7, 11) is -6.97. The van der Waals surface area contributed by atoms with Crippen molar-refractivity contribution < 1.29 is 25.9 Å². The van der Waals surface area contributed by atoms with Crippen molar-refractivity contribution in [3.05, 3.63) is 56.6 Å². The van der Waals surface area contributed by atoms with Crippen molar-refractivity contribution in [2.75, 3.05) is 29.5 Å². The third-order valence-electron chi connectivity index (χ3n) is 7.11. The third kappa shape index (κ3) is 8.12. The molecule has 16 nitrogen and oxygen atoms in total. The number of anilines is 1. The molecule has 1 fully saturated rings. The maximum atomic E-state index is 13.7. The molecule has 0 amide bonds. The lowest BCUT2D eigenvalue weighted by molar-refractivity contribution is 0.472. The van der Waals surface area contributed by atoms with Crippen LogP contribution in [0.4, 0.5) is 5.95 Å². The van der Waals surface area contributed by atoms with Crippen molar-refractivity contribution in [1.82, 2.24) is 28.7 Å². The molecule has 4 aromatic rings. The molecule has 0 bridgehead atoms. The van der Waals surface area contributed by atoms with Crippen LogP contribution in [0.1, 0.15) is 31.3 Å². The summed E-state index contributed by atoms with van der Waals surface area (Å²) < 4.78 is 59.8. The molecule has 5 rings (SSSR count). The standard InChI is InChI=1S/C25H28N8O2.C2H6O6S2/c1-4-5-13-32-21-22(29-24(32)31-12-8-9-17(26)14-31)30(3)25(35)33(23(21)34)15-20-27-16(2)18-10-6-7-11-19(18)28-20;3-9(4,5)1-2-10(6,7)8/h6-7,10-11,17H,8-9,12-15,26H2,1-3H3;1-2H2,(H,3,4,5)(H,6,7,8)/t17-;/m1./s1. The van der Waals surface area contributed by atoms with E-state index in [-0.39, 0.29) is 19.1 Å². The number of para-hydroxylation sites is 1. The van der Waals surface area contributed by atoms with E-state index in [1.807, 2.05) is 31.2 Å². The van der Waals surface area contributed by atoms with Crippen LogP contribution >= 0.6 is 0 Å². The molecule has 1 saturated heterocycles. The summed E-state index contributed by atoms with van der Waals surface area (Å²) in [5.74, 6) is 4.99. The number of benzene rings is 1. The lowest BCUT2D eigenvalue weighted by Gasteiger charge is -2.31. The molecule has 4 heterocycles. The quantitative estimate of drug-likeness (QED) is 0.174. The normalized spacial score (nSPS) is 15.4. The minimum atomic E-state index is -4.30. The van der Waals surface area contributed by atoms with Crippen LogP contribution in [0.5, 0.6) is 0 Å². The second-order valence-corrected chi connectivity index (χ2v) is 13.6. The smallest absolute Gasteiger partial charge is 0.332 e. The summed E-state index contributed by atoms with van der Waals surface area (Å²) in [6, 6.07) is 7.71. The van der Waals surface area contributed by atoms with Gasteiger partial charge in [-0.15, -0.1) is 5.92 Å². The Morgan fingerprint density at radius 1 is 1.02 bits per heavy atom. The maximum absolute atomic E-state index is 13.7. The molecular weight excluding hydrogens is 628 g/mol. The fraction of sp³-hybridized carbons (Fsp3) is 0.444. The number of rotatable bonds is 7. The fourth-order valence-electron chi connectivity index (χ4n) is 4.96. The van der Waals surface area contributed by atoms with Gasteiger partial charge in [-0.05, 0) is 32.8 Å². The van der Waals surface area contributed by atoms with Crippen LogP contribution in [-0.2, 0) is 40.4 Å². The lowest BCUT2D eigenvalue weighted by atomic mass is 10.1. The fourth-order valence-corrected chi connectivity index (χ4v) is 6.64. The van der Waals surface area contributed by atoms with E-state index in [4.69, 9.17) is 19.8 Å². The molecule has 4 N–H and O–H groups in total. The van der Waals surface area contributed by atoms with Crippen molar-refractivity contribution in [2.45, 2.75) is 45.8 Å². The first-order valence-corrected chi connectivity index (χ1v) is 17.0. The van der Waals surface area contributed by atoms with Gasteiger partial charge in [0.05, 0.1) is 30.1 Å². The zero-order valence-electron chi connectivity index (χ0n) is 24.9. The first-order chi connectivity index (χ1) is 21.1. The maximum Gasteiger partial charge on any atom is 0.332 e. The third-order valence-corrected chi connectivity index (χ3v) is 8.80. The van der Waals surface area contributed by atoms with Crippen LogP contribution in [-0.4, -0.2) is 85.2 Å². The molecule has 45 heavy (non-hydrogen) atoms. The predicted molar refractivity (Wildman–Crippen MR) is 168 cm³/mol. The Morgan fingerprint density at radius 3 is 2.31 bits per heavy atom. The average molecular weight is 663 g/mol. The summed E-state index contributed by atoms with van der Waals surface area (Å²) in [4.78, 5) is 43.0. The molecule has 1 aliphatic rings.